The molecule has 1 nitrogen and oxygen atoms in total. The number of fused-ring (bicyclic) bond motifs is 5. The third-order valence-corrected chi connectivity index (χ3v) is 7.88. The Labute approximate surface area is 285 Å². The lowest BCUT2D eigenvalue weighted by atomic mass is 9.85. The summed E-state index contributed by atoms with van der Waals surface area (Å²) in [4.78, 5) is 0. The SMILES string of the molecule is [2H]c1c([2H])c([2H])c(-c2c3c([2H])c([2H])c([2H])c([2H])c3c(-c3c([2H])c([2H])c([2H])c(-c4ccc(-c5ccccc5)c5c4oc4ccccc45)c3[2H])c3c([2H])c([2H])c([2H])c([2H])c23)c([2H])c1[2H]. The maximum Gasteiger partial charge on any atom is 0.143 e. The van der Waals surface area contributed by atoms with Gasteiger partial charge < -0.3 is 4.42 Å². The zero-order valence-electron chi connectivity index (χ0n) is 40.3. The number of benzene rings is 8. The lowest BCUT2D eigenvalue weighted by molar-refractivity contribution is 0.670. The Bertz CT molecular complexity index is 3380. The minimum absolute atomic E-state index is 0.161. The van der Waals surface area contributed by atoms with Crippen molar-refractivity contribution in [3.63, 3.8) is 0 Å². The van der Waals surface area contributed by atoms with E-state index in [-0.39, 0.29) is 16.7 Å². The fourth-order valence-corrected chi connectivity index (χ4v) is 5.99. The van der Waals surface area contributed by atoms with Gasteiger partial charge in [-0.15, -0.1) is 0 Å². The molecule has 45 heavy (non-hydrogen) atoms. The Morgan fingerprint density at radius 3 is 1.67 bits per heavy atom. The Morgan fingerprint density at radius 2 is 0.956 bits per heavy atom. The molecule has 0 fully saturated rings. The van der Waals surface area contributed by atoms with Crippen molar-refractivity contribution >= 4 is 43.5 Å². The van der Waals surface area contributed by atoms with E-state index in [0.29, 0.717) is 16.4 Å². The van der Waals surface area contributed by atoms with Gasteiger partial charge in [0.1, 0.15) is 11.2 Å². The highest BCUT2D eigenvalue weighted by Gasteiger charge is 2.19. The van der Waals surface area contributed by atoms with Crippen molar-refractivity contribution in [3.05, 3.63) is 169 Å². The summed E-state index contributed by atoms with van der Waals surface area (Å²) in [6.07, 6.45) is 0. The third-order valence-electron chi connectivity index (χ3n) is 7.88. The van der Waals surface area contributed by atoms with E-state index in [1.165, 1.54) is 0 Å². The summed E-state index contributed by atoms with van der Waals surface area (Å²) in [5.41, 5.74) is 0.103. The smallest absolute Gasteiger partial charge is 0.143 e. The van der Waals surface area contributed by atoms with E-state index in [9.17, 15) is 11.0 Å². The van der Waals surface area contributed by atoms with Gasteiger partial charge in [0.25, 0.3) is 0 Å². The molecule has 0 unspecified atom stereocenters. The fraction of sp³-hybridized carbons (Fsp3) is 0. The Morgan fingerprint density at radius 1 is 0.400 bits per heavy atom. The van der Waals surface area contributed by atoms with Gasteiger partial charge in [0, 0.05) is 16.3 Å². The maximum atomic E-state index is 9.90. The van der Waals surface area contributed by atoms with E-state index >= 15 is 0 Å². The molecule has 0 saturated heterocycles. The molecule has 1 heteroatoms. The van der Waals surface area contributed by atoms with Crippen LogP contribution in [0.2, 0.25) is 0 Å². The predicted molar refractivity (Wildman–Crippen MR) is 190 cm³/mol. The summed E-state index contributed by atoms with van der Waals surface area (Å²) in [6.45, 7) is 0. The van der Waals surface area contributed by atoms with Crippen LogP contribution in [0.25, 0.3) is 88.0 Å². The van der Waals surface area contributed by atoms with Crippen LogP contribution in [0.5, 0.6) is 0 Å². The summed E-state index contributed by atoms with van der Waals surface area (Å²) in [5, 5.41) is -0.723. The molecule has 0 radical (unpaired) electrons. The molecule has 0 spiro atoms. The maximum absolute atomic E-state index is 9.90. The van der Waals surface area contributed by atoms with E-state index in [1.54, 1.807) is 24.3 Å². The van der Waals surface area contributed by atoms with Crippen LogP contribution in [0.3, 0.4) is 0 Å². The second kappa shape index (κ2) is 10.4. The van der Waals surface area contributed by atoms with Crippen LogP contribution in [0, 0.1) is 0 Å². The summed E-state index contributed by atoms with van der Waals surface area (Å²) in [6, 6.07) is 6.78. The van der Waals surface area contributed by atoms with Crippen molar-refractivity contribution in [3.8, 4) is 44.5 Å². The zero-order valence-corrected chi connectivity index (χ0v) is 23.3. The first-order valence-electron chi connectivity index (χ1n) is 22.6. The van der Waals surface area contributed by atoms with Crippen molar-refractivity contribution in [2.45, 2.75) is 0 Å². The summed E-state index contributed by atoms with van der Waals surface area (Å²) in [7, 11) is 0. The molecule has 0 aliphatic rings. The van der Waals surface area contributed by atoms with Crippen molar-refractivity contribution < 1.29 is 27.7 Å². The van der Waals surface area contributed by atoms with E-state index in [0.717, 1.165) is 11.1 Å². The van der Waals surface area contributed by atoms with Crippen LogP contribution < -0.4 is 0 Å². The first-order chi connectivity index (χ1) is 29.4. The van der Waals surface area contributed by atoms with Gasteiger partial charge in [-0.25, -0.2) is 0 Å². The Balaban J connectivity index is 1.54. The fourth-order valence-electron chi connectivity index (χ4n) is 5.99. The number of hydrogen-bond donors (Lipinski definition) is 0. The zero-order chi connectivity index (χ0) is 44.5. The molecule has 0 amide bonds. The summed E-state index contributed by atoms with van der Waals surface area (Å²) in [5.74, 6) is 0. The third kappa shape index (κ3) is 4.09. The van der Waals surface area contributed by atoms with Crippen molar-refractivity contribution in [2.24, 2.45) is 0 Å². The summed E-state index contributed by atoms with van der Waals surface area (Å²) < 4.78 is 159. The molecule has 1 aromatic heterocycles. The van der Waals surface area contributed by atoms with E-state index in [2.05, 4.69) is 0 Å². The van der Waals surface area contributed by atoms with Crippen LogP contribution in [-0.4, -0.2) is 0 Å². The standard InChI is InChI=1S/C44H28O/c1-3-14-29(15-4-1)33-26-27-34(44-43(33)39-24-11-12-25-40(39)45-44)31-18-13-19-32(28-31)42-37-22-9-7-20-35(37)41(30-16-5-2-6-17-30)36-21-8-10-23-38(36)42/h1-28H/i2D,5D,6D,7D,8D,9D,10D,13D,16D,17D,18D,19D,20D,21D,22D,23D,28D. The molecule has 8 aromatic carbocycles. The quantitative estimate of drug-likeness (QED) is 0.186. The van der Waals surface area contributed by atoms with Crippen molar-refractivity contribution in [1.82, 2.24) is 0 Å². The average molecular weight is 590 g/mol. The van der Waals surface area contributed by atoms with Crippen LogP contribution in [-0.2, 0) is 0 Å². The van der Waals surface area contributed by atoms with E-state index in [4.69, 9.17) is 16.8 Å². The monoisotopic (exact) mass is 589 g/mol. The molecule has 0 bridgehead atoms. The van der Waals surface area contributed by atoms with Gasteiger partial charge in [-0.3, -0.25) is 0 Å². The van der Waals surface area contributed by atoms with Gasteiger partial charge >= 0.3 is 0 Å². The van der Waals surface area contributed by atoms with Gasteiger partial charge in [-0.05, 0) is 78.7 Å². The normalized spacial score (nSPS) is 16.8. The van der Waals surface area contributed by atoms with Gasteiger partial charge in [0.2, 0.25) is 0 Å². The van der Waals surface area contributed by atoms with Crippen molar-refractivity contribution in [2.75, 3.05) is 0 Å². The second-order valence-corrected chi connectivity index (χ2v) is 10.3. The second-order valence-electron chi connectivity index (χ2n) is 10.3. The molecule has 0 N–H and O–H groups in total. The topological polar surface area (TPSA) is 13.1 Å². The van der Waals surface area contributed by atoms with Gasteiger partial charge in [0.15, 0.2) is 0 Å². The van der Waals surface area contributed by atoms with Crippen LogP contribution >= 0.6 is 0 Å². The van der Waals surface area contributed by atoms with Crippen molar-refractivity contribution in [1.29, 1.82) is 0 Å². The lowest BCUT2D eigenvalue weighted by Crippen LogP contribution is -1.91. The summed E-state index contributed by atoms with van der Waals surface area (Å²) >= 11 is 0. The van der Waals surface area contributed by atoms with E-state index < -0.39 is 147 Å². The number of furan rings is 1. The molecular weight excluding hydrogens is 544 g/mol. The number of para-hydroxylation sites is 1. The van der Waals surface area contributed by atoms with Crippen LogP contribution in [0.1, 0.15) is 23.3 Å². The highest BCUT2D eigenvalue weighted by Crippen LogP contribution is 2.46. The predicted octanol–water partition coefficient (Wildman–Crippen LogP) is 12.6. The molecule has 210 valence electrons. The molecule has 1 heterocycles. The van der Waals surface area contributed by atoms with Crippen LogP contribution in [0.15, 0.2) is 174 Å². The number of rotatable bonds is 4. The first-order valence-corrected chi connectivity index (χ1v) is 14.1. The average Bonchev–Trinajstić information content (AvgIpc) is 3.67. The molecule has 0 saturated carbocycles. The minimum atomic E-state index is -0.825. The molecule has 0 aliphatic heterocycles. The molecule has 0 atom stereocenters. The lowest BCUT2D eigenvalue weighted by Gasteiger charge is -2.18. The van der Waals surface area contributed by atoms with Gasteiger partial charge in [-0.1, -0.05) is 151 Å². The molecule has 9 aromatic rings. The molecule has 9 rings (SSSR count). The number of hydrogen-bond acceptors (Lipinski definition) is 1. The van der Waals surface area contributed by atoms with Gasteiger partial charge in [0.05, 0.1) is 23.3 Å². The first kappa shape index (κ1) is 13.8. The minimum Gasteiger partial charge on any atom is -0.455 e. The molecular formula is C44H28O. The molecule has 0 aliphatic carbocycles. The Kier molecular flexibility index (Phi) is 3.18. The Hall–Kier alpha value is -5.92. The van der Waals surface area contributed by atoms with Gasteiger partial charge in [-0.2, -0.15) is 0 Å². The highest BCUT2D eigenvalue weighted by atomic mass is 16.3. The largest absolute Gasteiger partial charge is 0.455 e. The van der Waals surface area contributed by atoms with Crippen LogP contribution in [0.4, 0.5) is 0 Å². The van der Waals surface area contributed by atoms with E-state index in [1.807, 2.05) is 42.5 Å². The highest BCUT2D eigenvalue weighted by molar-refractivity contribution is 6.22.